The Morgan fingerprint density at radius 3 is 2.75 bits per heavy atom. The Bertz CT molecular complexity index is 263. The summed E-state index contributed by atoms with van der Waals surface area (Å²) in [6.45, 7) is 2.57. The molecule has 0 radical (unpaired) electrons. The van der Waals surface area contributed by atoms with Gasteiger partial charge < -0.3 is 0 Å². The van der Waals surface area contributed by atoms with Crippen LogP contribution in [0.1, 0.15) is 11.1 Å². The van der Waals surface area contributed by atoms with Crippen LogP contribution in [0.3, 0.4) is 0 Å². The molecule has 66 valence electrons. The van der Waals surface area contributed by atoms with Crippen molar-refractivity contribution in [2.24, 2.45) is 5.90 Å². The molecule has 0 heterocycles. The van der Waals surface area contributed by atoms with E-state index in [4.69, 9.17) is 5.90 Å². The van der Waals surface area contributed by atoms with E-state index in [9.17, 15) is 0 Å². The highest BCUT2D eigenvalue weighted by Gasteiger charge is 1.97. The molecule has 0 fully saturated rings. The summed E-state index contributed by atoms with van der Waals surface area (Å²) in [7, 11) is 0. The second-order valence-electron chi connectivity index (χ2n) is 2.61. The zero-order valence-electron chi connectivity index (χ0n) is 7.33. The number of hydrogen-bond donors (Lipinski definition) is 1. The molecular weight excluding hydrogens is 170 g/mol. The van der Waals surface area contributed by atoms with E-state index in [2.05, 4.69) is 30.1 Å². The standard InChI is InChI=1S/C9H13NOS/c1-7-5-8(6-11-10)3-4-9(7)12-2/h3-5H,6,10H2,1-2H3. The summed E-state index contributed by atoms with van der Waals surface area (Å²) < 4.78 is 0. The average molecular weight is 183 g/mol. The van der Waals surface area contributed by atoms with Crippen molar-refractivity contribution >= 4 is 11.8 Å². The Hall–Kier alpha value is -0.510. The van der Waals surface area contributed by atoms with Crippen molar-refractivity contribution in [3.05, 3.63) is 29.3 Å². The Kier molecular flexibility index (Phi) is 3.59. The summed E-state index contributed by atoms with van der Waals surface area (Å²) in [6, 6.07) is 6.22. The van der Waals surface area contributed by atoms with Crippen LogP contribution in [0.25, 0.3) is 0 Å². The summed E-state index contributed by atoms with van der Waals surface area (Å²) in [5.41, 5.74) is 2.39. The van der Waals surface area contributed by atoms with Gasteiger partial charge >= 0.3 is 0 Å². The zero-order valence-corrected chi connectivity index (χ0v) is 8.15. The summed E-state index contributed by atoms with van der Waals surface area (Å²) in [6.07, 6.45) is 2.07. The molecular formula is C9H13NOS. The monoisotopic (exact) mass is 183 g/mol. The Labute approximate surface area is 77.1 Å². The molecule has 0 unspecified atom stereocenters. The van der Waals surface area contributed by atoms with E-state index in [1.807, 2.05) is 6.07 Å². The molecule has 1 rings (SSSR count). The van der Waals surface area contributed by atoms with Crippen LogP contribution in [0, 0.1) is 6.92 Å². The van der Waals surface area contributed by atoms with Crippen molar-refractivity contribution in [2.75, 3.05) is 6.26 Å². The first kappa shape index (κ1) is 9.58. The van der Waals surface area contributed by atoms with Crippen LogP contribution >= 0.6 is 11.8 Å². The molecule has 2 N–H and O–H groups in total. The largest absolute Gasteiger partial charge is 0.300 e. The maximum absolute atomic E-state index is 4.98. The molecule has 0 bridgehead atoms. The van der Waals surface area contributed by atoms with Crippen molar-refractivity contribution < 1.29 is 4.84 Å². The van der Waals surface area contributed by atoms with Gasteiger partial charge in [0.05, 0.1) is 6.61 Å². The smallest absolute Gasteiger partial charge is 0.0930 e. The lowest BCUT2D eigenvalue weighted by atomic mass is 10.1. The van der Waals surface area contributed by atoms with Crippen molar-refractivity contribution in [3.8, 4) is 0 Å². The summed E-state index contributed by atoms with van der Waals surface area (Å²) in [5.74, 6) is 4.98. The SMILES string of the molecule is CSc1ccc(CON)cc1C. The minimum absolute atomic E-state index is 0.482. The molecule has 0 aromatic heterocycles. The van der Waals surface area contributed by atoms with Crippen molar-refractivity contribution in [3.63, 3.8) is 0 Å². The number of rotatable bonds is 3. The van der Waals surface area contributed by atoms with Gasteiger partial charge in [-0.15, -0.1) is 11.8 Å². The molecule has 0 atom stereocenters. The summed E-state index contributed by atoms with van der Waals surface area (Å²) >= 11 is 1.75. The third kappa shape index (κ3) is 2.24. The number of nitrogens with two attached hydrogens (primary N) is 1. The average Bonchev–Trinajstić information content (AvgIpc) is 2.05. The van der Waals surface area contributed by atoms with Crippen LogP contribution in [-0.4, -0.2) is 6.26 Å². The van der Waals surface area contributed by atoms with Crippen molar-refractivity contribution in [1.82, 2.24) is 0 Å². The van der Waals surface area contributed by atoms with Gasteiger partial charge in [0.25, 0.3) is 0 Å². The highest BCUT2D eigenvalue weighted by Crippen LogP contribution is 2.20. The lowest BCUT2D eigenvalue weighted by molar-refractivity contribution is 0.124. The van der Waals surface area contributed by atoms with Crippen LogP contribution < -0.4 is 5.90 Å². The minimum Gasteiger partial charge on any atom is -0.300 e. The summed E-state index contributed by atoms with van der Waals surface area (Å²) in [4.78, 5) is 5.85. The molecule has 12 heavy (non-hydrogen) atoms. The Balaban J connectivity index is 2.86. The van der Waals surface area contributed by atoms with Gasteiger partial charge in [-0.1, -0.05) is 12.1 Å². The molecule has 1 aromatic rings. The lowest BCUT2D eigenvalue weighted by Crippen LogP contribution is -1.99. The van der Waals surface area contributed by atoms with Gasteiger partial charge in [-0.2, -0.15) is 0 Å². The van der Waals surface area contributed by atoms with Gasteiger partial charge in [-0.05, 0) is 30.4 Å². The maximum Gasteiger partial charge on any atom is 0.0930 e. The van der Waals surface area contributed by atoms with E-state index < -0.39 is 0 Å². The molecule has 3 heteroatoms. The summed E-state index contributed by atoms with van der Waals surface area (Å²) in [5, 5.41) is 0. The van der Waals surface area contributed by atoms with E-state index in [1.54, 1.807) is 11.8 Å². The van der Waals surface area contributed by atoms with E-state index in [0.717, 1.165) is 5.56 Å². The Morgan fingerprint density at radius 2 is 2.25 bits per heavy atom. The molecule has 1 aromatic carbocycles. The first-order chi connectivity index (χ1) is 5.77. The highest BCUT2D eigenvalue weighted by molar-refractivity contribution is 7.98. The van der Waals surface area contributed by atoms with Crippen molar-refractivity contribution in [1.29, 1.82) is 0 Å². The van der Waals surface area contributed by atoms with Crippen LogP contribution in [0.15, 0.2) is 23.1 Å². The number of benzene rings is 1. The molecule has 0 saturated carbocycles. The quantitative estimate of drug-likeness (QED) is 0.576. The molecule has 0 amide bonds. The van der Waals surface area contributed by atoms with Crippen LogP contribution in [0.2, 0.25) is 0 Å². The fourth-order valence-electron chi connectivity index (χ4n) is 1.13. The van der Waals surface area contributed by atoms with E-state index >= 15 is 0 Å². The second-order valence-corrected chi connectivity index (χ2v) is 3.46. The van der Waals surface area contributed by atoms with Crippen LogP contribution in [-0.2, 0) is 11.4 Å². The predicted octanol–water partition coefficient (Wildman–Crippen LogP) is 2.11. The lowest BCUT2D eigenvalue weighted by Gasteiger charge is -2.04. The van der Waals surface area contributed by atoms with Gasteiger partial charge in [0, 0.05) is 4.90 Å². The third-order valence-electron chi connectivity index (χ3n) is 1.71. The number of aryl methyl sites for hydroxylation is 1. The molecule has 0 aliphatic heterocycles. The third-order valence-corrected chi connectivity index (χ3v) is 2.61. The van der Waals surface area contributed by atoms with E-state index in [0.29, 0.717) is 6.61 Å². The second kappa shape index (κ2) is 4.50. The van der Waals surface area contributed by atoms with Gasteiger partial charge in [0.1, 0.15) is 0 Å². The highest BCUT2D eigenvalue weighted by atomic mass is 32.2. The van der Waals surface area contributed by atoms with E-state index in [-0.39, 0.29) is 0 Å². The molecule has 0 spiro atoms. The first-order valence-corrected chi connectivity index (χ1v) is 4.95. The normalized spacial score (nSPS) is 10.2. The fraction of sp³-hybridized carbons (Fsp3) is 0.333. The van der Waals surface area contributed by atoms with Gasteiger partial charge in [0.2, 0.25) is 0 Å². The van der Waals surface area contributed by atoms with Crippen LogP contribution in [0.5, 0.6) is 0 Å². The molecule has 2 nitrogen and oxygen atoms in total. The van der Waals surface area contributed by atoms with E-state index in [1.165, 1.54) is 10.5 Å². The van der Waals surface area contributed by atoms with Gasteiger partial charge in [0.15, 0.2) is 0 Å². The molecule has 0 saturated heterocycles. The Morgan fingerprint density at radius 1 is 1.50 bits per heavy atom. The number of hydrogen-bond acceptors (Lipinski definition) is 3. The van der Waals surface area contributed by atoms with Gasteiger partial charge in [-0.25, -0.2) is 5.90 Å². The van der Waals surface area contributed by atoms with Crippen molar-refractivity contribution in [2.45, 2.75) is 18.4 Å². The molecule has 0 aliphatic rings. The van der Waals surface area contributed by atoms with Gasteiger partial charge in [-0.3, -0.25) is 4.84 Å². The van der Waals surface area contributed by atoms with Crippen LogP contribution in [0.4, 0.5) is 0 Å². The number of thioether (sulfide) groups is 1. The molecule has 0 aliphatic carbocycles. The zero-order chi connectivity index (χ0) is 8.97. The predicted molar refractivity (Wildman–Crippen MR) is 51.9 cm³/mol. The fourth-order valence-corrected chi connectivity index (χ4v) is 1.71. The minimum atomic E-state index is 0.482. The first-order valence-electron chi connectivity index (χ1n) is 3.73. The maximum atomic E-state index is 4.98. The topological polar surface area (TPSA) is 35.2 Å².